The smallest absolute Gasteiger partial charge is 0.192 e. The second kappa shape index (κ2) is 8.76. The van der Waals surface area contributed by atoms with Crippen LogP contribution >= 0.6 is 0 Å². The number of aliphatic hydroxyl groups is 1. The van der Waals surface area contributed by atoms with Gasteiger partial charge in [-0.25, -0.2) is 0 Å². The van der Waals surface area contributed by atoms with Gasteiger partial charge in [0.05, 0.1) is 6.10 Å². The van der Waals surface area contributed by atoms with Crippen LogP contribution in [0.1, 0.15) is 68.7 Å². The van der Waals surface area contributed by atoms with Gasteiger partial charge in [-0.1, -0.05) is 48.5 Å². The van der Waals surface area contributed by atoms with Crippen molar-refractivity contribution in [3.05, 3.63) is 0 Å². The molecule has 2 fully saturated rings. The quantitative estimate of drug-likeness (QED) is 0.535. The van der Waals surface area contributed by atoms with Crippen molar-refractivity contribution in [2.75, 3.05) is 0 Å². The number of hydrogen-bond acceptors (Lipinski definition) is 6. The molecule has 0 radical (unpaired) electrons. The predicted molar refractivity (Wildman–Crippen MR) is 129 cm³/mol. The Kier molecular flexibility index (Phi) is 7.76. The molecule has 8 heteroatoms. The van der Waals surface area contributed by atoms with E-state index in [1.54, 1.807) is 0 Å². The zero-order chi connectivity index (χ0) is 24.2. The average molecular weight is 477 g/mol. The van der Waals surface area contributed by atoms with Gasteiger partial charge in [-0.2, -0.15) is 0 Å². The largest absolute Gasteiger partial charge is 0.408 e. The number of aliphatic hydroxyl groups excluding tert-OH is 1. The molecule has 0 aliphatic carbocycles. The van der Waals surface area contributed by atoms with Crippen molar-refractivity contribution in [3.8, 4) is 0 Å². The number of fused-ring (bicyclic) bond motifs is 1. The molecule has 2 heterocycles. The molecule has 2 saturated heterocycles. The van der Waals surface area contributed by atoms with Crippen molar-refractivity contribution < 1.29 is 28.2 Å². The molecule has 2 aliphatic heterocycles. The zero-order valence-corrected chi connectivity index (χ0v) is 24.2. The maximum absolute atomic E-state index is 11.2. The van der Waals surface area contributed by atoms with Gasteiger partial charge < -0.3 is 28.2 Å². The van der Waals surface area contributed by atoms with Crippen LogP contribution in [0.15, 0.2) is 0 Å². The minimum atomic E-state index is -2.23. The van der Waals surface area contributed by atoms with E-state index >= 15 is 0 Å². The maximum atomic E-state index is 11.2. The lowest BCUT2D eigenvalue weighted by atomic mass is 10.00. The summed E-state index contributed by atoms with van der Waals surface area (Å²) in [6.07, 6.45) is -2.50. The normalized spacial score (nSPS) is 35.0. The van der Waals surface area contributed by atoms with Crippen LogP contribution in [-0.2, 0) is 23.1 Å². The summed E-state index contributed by atoms with van der Waals surface area (Å²) in [6.45, 7) is 28.0. The Bertz CT molecular complexity index is 623. The maximum Gasteiger partial charge on any atom is 0.192 e. The van der Waals surface area contributed by atoms with E-state index in [0.29, 0.717) is 6.42 Å². The zero-order valence-electron chi connectivity index (χ0n) is 22.2. The third kappa shape index (κ3) is 5.82. The molecule has 0 bridgehead atoms. The van der Waals surface area contributed by atoms with E-state index in [1.807, 2.05) is 20.8 Å². The molecule has 1 N–H and O–H groups in total. The molecule has 1 unspecified atom stereocenters. The van der Waals surface area contributed by atoms with Crippen molar-refractivity contribution in [2.45, 2.75) is 148 Å². The second-order valence-electron chi connectivity index (χ2n) is 12.7. The summed E-state index contributed by atoms with van der Waals surface area (Å²) < 4.78 is 32.6. The standard InChI is InChI=1S/C23H48O6Si2/c1-14-15-16-17(27-23(8,9)26-16)18(28-30(10,11)21(2,3)4)19(20(24)25-15)29-31(12,13)22(5,6)7/h15-20,24H,14H2,1-13H3/t15-,16+,17+,18-,19-,20?/m1/s1. The predicted octanol–water partition coefficient (Wildman–Crippen LogP) is 5.41. The SMILES string of the molecule is CC[C@H]1OC(O)[C@H](O[Si](C)(C)C(C)(C)C)[C@H](O[Si](C)(C)C(C)(C)C)[C@H]2OC(C)(C)O[C@H]21. The summed E-state index contributed by atoms with van der Waals surface area (Å²) in [5, 5.41) is 11.2. The van der Waals surface area contributed by atoms with Gasteiger partial charge in [0.15, 0.2) is 28.7 Å². The van der Waals surface area contributed by atoms with Crippen LogP contribution in [0.2, 0.25) is 36.3 Å². The lowest BCUT2D eigenvalue weighted by molar-refractivity contribution is -0.229. The first-order valence-electron chi connectivity index (χ1n) is 11.8. The van der Waals surface area contributed by atoms with Crippen molar-refractivity contribution in [2.24, 2.45) is 0 Å². The molecule has 0 saturated carbocycles. The Hall–Kier alpha value is 0.194. The van der Waals surface area contributed by atoms with E-state index in [4.69, 9.17) is 23.1 Å². The Morgan fingerprint density at radius 2 is 1.23 bits per heavy atom. The number of ether oxygens (including phenoxy) is 3. The van der Waals surface area contributed by atoms with E-state index < -0.39 is 40.9 Å². The minimum Gasteiger partial charge on any atom is -0.408 e. The first-order valence-corrected chi connectivity index (χ1v) is 17.6. The van der Waals surface area contributed by atoms with Gasteiger partial charge >= 0.3 is 0 Å². The third-order valence-electron chi connectivity index (χ3n) is 7.65. The summed E-state index contributed by atoms with van der Waals surface area (Å²) in [5.74, 6) is -0.745. The molecule has 0 spiro atoms. The molecular formula is C23H48O6Si2. The van der Waals surface area contributed by atoms with Gasteiger partial charge in [-0.05, 0) is 56.5 Å². The molecule has 6 nitrogen and oxygen atoms in total. The minimum absolute atomic E-state index is 0.00126. The lowest BCUT2D eigenvalue weighted by Crippen LogP contribution is -2.59. The highest BCUT2D eigenvalue weighted by atomic mass is 28.4. The Labute approximate surface area is 192 Å². The van der Waals surface area contributed by atoms with Crippen LogP contribution in [0.4, 0.5) is 0 Å². The molecule has 31 heavy (non-hydrogen) atoms. The van der Waals surface area contributed by atoms with Gasteiger partial charge in [0.2, 0.25) is 0 Å². The first kappa shape index (κ1) is 27.4. The molecule has 2 aliphatic rings. The Balaban J connectivity index is 2.55. The highest BCUT2D eigenvalue weighted by Crippen LogP contribution is 2.45. The molecule has 2 rings (SSSR count). The van der Waals surface area contributed by atoms with Gasteiger partial charge in [-0.15, -0.1) is 0 Å². The van der Waals surface area contributed by atoms with Crippen LogP contribution in [0.25, 0.3) is 0 Å². The Morgan fingerprint density at radius 1 is 0.806 bits per heavy atom. The molecule has 0 amide bonds. The van der Waals surface area contributed by atoms with Gasteiger partial charge in [0, 0.05) is 0 Å². The molecule has 6 atom stereocenters. The van der Waals surface area contributed by atoms with Crippen LogP contribution in [0, 0.1) is 0 Å². The van der Waals surface area contributed by atoms with E-state index in [1.165, 1.54) is 0 Å². The fourth-order valence-electron chi connectivity index (χ4n) is 3.66. The van der Waals surface area contributed by atoms with Gasteiger partial charge in [-0.3, -0.25) is 0 Å². The molecule has 0 aromatic rings. The molecule has 184 valence electrons. The lowest BCUT2D eigenvalue weighted by Gasteiger charge is -2.46. The molecule has 0 aromatic carbocycles. The Morgan fingerprint density at radius 3 is 1.65 bits per heavy atom. The number of rotatable bonds is 5. The van der Waals surface area contributed by atoms with Crippen molar-refractivity contribution in [3.63, 3.8) is 0 Å². The summed E-state index contributed by atoms with van der Waals surface area (Å²) in [7, 11) is -4.44. The monoisotopic (exact) mass is 476 g/mol. The van der Waals surface area contributed by atoms with Crippen LogP contribution < -0.4 is 0 Å². The van der Waals surface area contributed by atoms with E-state index in [-0.39, 0.29) is 28.4 Å². The summed E-state index contributed by atoms with van der Waals surface area (Å²) in [5.41, 5.74) is 0. The van der Waals surface area contributed by atoms with E-state index in [0.717, 1.165) is 0 Å². The summed E-state index contributed by atoms with van der Waals surface area (Å²) in [4.78, 5) is 0. The highest BCUT2D eigenvalue weighted by molar-refractivity contribution is 6.74. The van der Waals surface area contributed by atoms with Crippen LogP contribution in [-0.4, -0.2) is 64.3 Å². The van der Waals surface area contributed by atoms with E-state index in [2.05, 4.69) is 67.7 Å². The number of hydrogen-bond donors (Lipinski definition) is 1. The fraction of sp³-hybridized carbons (Fsp3) is 1.00. The van der Waals surface area contributed by atoms with Crippen molar-refractivity contribution in [1.29, 1.82) is 0 Å². The topological polar surface area (TPSA) is 66.4 Å². The molecule has 0 aromatic heterocycles. The summed E-state index contributed by atoms with van der Waals surface area (Å²) in [6, 6.07) is 0. The van der Waals surface area contributed by atoms with Crippen LogP contribution in [0.3, 0.4) is 0 Å². The third-order valence-corrected chi connectivity index (χ3v) is 16.6. The van der Waals surface area contributed by atoms with Crippen molar-refractivity contribution in [1.82, 2.24) is 0 Å². The van der Waals surface area contributed by atoms with Gasteiger partial charge in [0.1, 0.15) is 24.4 Å². The first-order chi connectivity index (χ1) is 13.7. The van der Waals surface area contributed by atoms with Gasteiger partial charge in [0.25, 0.3) is 0 Å². The van der Waals surface area contributed by atoms with Crippen molar-refractivity contribution >= 4 is 16.6 Å². The van der Waals surface area contributed by atoms with E-state index in [9.17, 15) is 5.11 Å². The average Bonchev–Trinajstić information content (AvgIpc) is 2.84. The highest BCUT2D eigenvalue weighted by Gasteiger charge is 2.58. The fourth-order valence-corrected chi connectivity index (χ4v) is 6.25. The molecular weight excluding hydrogens is 428 g/mol. The van der Waals surface area contributed by atoms with Crippen LogP contribution in [0.5, 0.6) is 0 Å². The second-order valence-corrected chi connectivity index (χ2v) is 22.2. The summed E-state index contributed by atoms with van der Waals surface area (Å²) >= 11 is 0.